The minimum Gasteiger partial charge on any atom is -0.359 e. The fourth-order valence-electron chi connectivity index (χ4n) is 3.78. The van der Waals surface area contributed by atoms with Crippen LogP contribution in [0.25, 0.3) is 22.2 Å². The molecule has 0 saturated heterocycles. The zero-order valence-corrected chi connectivity index (χ0v) is 21.0. The number of amides is 2. The Kier molecular flexibility index (Phi) is 6.49. The lowest BCUT2D eigenvalue weighted by molar-refractivity contribution is 0.261. The number of pyridine rings is 1. The van der Waals surface area contributed by atoms with Gasteiger partial charge in [-0.3, -0.25) is 14.7 Å². The van der Waals surface area contributed by atoms with Crippen LogP contribution >= 0.6 is 0 Å². The Morgan fingerprint density at radius 1 is 1.14 bits per heavy atom. The topological polar surface area (TPSA) is 127 Å². The maximum atomic E-state index is 14.8. The Morgan fingerprint density at radius 3 is 2.53 bits per heavy atom. The van der Waals surface area contributed by atoms with E-state index in [0.717, 1.165) is 0 Å². The summed E-state index contributed by atoms with van der Waals surface area (Å²) < 4.78 is 21.6. The van der Waals surface area contributed by atoms with Crippen molar-refractivity contribution in [3.63, 3.8) is 0 Å². The van der Waals surface area contributed by atoms with Crippen molar-refractivity contribution in [1.29, 1.82) is 0 Å². The molecule has 11 heteroatoms. The minimum absolute atomic E-state index is 0.0861. The summed E-state index contributed by atoms with van der Waals surface area (Å²) in [7, 11) is 1.70. The van der Waals surface area contributed by atoms with E-state index in [2.05, 4.69) is 31.1 Å². The van der Waals surface area contributed by atoms with Gasteiger partial charge in [-0.15, -0.1) is 0 Å². The average Bonchev–Trinajstić information content (AvgIpc) is 3.29. The van der Waals surface area contributed by atoms with E-state index in [4.69, 9.17) is 4.52 Å². The van der Waals surface area contributed by atoms with Crippen LogP contribution in [0.3, 0.4) is 0 Å². The second kappa shape index (κ2) is 9.40. The maximum Gasteiger partial charge on any atom is 0.325 e. The Morgan fingerprint density at radius 2 is 1.89 bits per heavy atom. The molecule has 3 N–H and O–H groups in total. The van der Waals surface area contributed by atoms with E-state index in [-0.39, 0.29) is 22.5 Å². The minimum atomic E-state index is -0.699. The maximum absolute atomic E-state index is 14.8. The quantitative estimate of drug-likeness (QED) is 0.361. The Labute approximate surface area is 206 Å². The molecule has 0 aliphatic carbocycles. The van der Waals surface area contributed by atoms with E-state index < -0.39 is 11.8 Å². The van der Waals surface area contributed by atoms with Crippen LogP contribution in [0.5, 0.6) is 0 Å². The van der Waals surface area contributed by atoms with E-state index in [1.54, 1.807) is 32.3 Å². The molecule has 36 heavy (non-hydrogen) atoms. The molecule has 0 unspecified atom stereocenters. The highest BCUT2D eigenvalue weighted by atomic mass is 19.1. The molecule has 188 valence electrons. The molecular formula is C25H28FN7O3. The standard InChI is InChI=1S/C25H28FN7O3/c1-7-33-21-14(12-28-23(27-6)31-21)9-16(22(33)34)15-10-18(17(26)8-13(15)2)29-24(35)30-20-11-19(36-32-20)25(3,4)5/h8-12H,7H2,1-6H3,(H,27,28,31)(H2,29,30,32,35). The number of carbonyl (C=O) groups is 1. The van der Waals surface area contributed by atoms with Crippen LogP contribution in [0.2, 0.25) is 0 Å². The van der Waals surface area contributed by atoms with Gasteiger partial charge in [0.2, 0.25) is 5.95 Å². The summed E-state index contributed by atoms with van der Waals surface area (Å²) in [4.78, 5) is 34.6. The number of carbonyl (C=O) groups excluding carboxylic acids is 1. The summed E-state index contributed by atoms with van der Waals surface area (Å²) in [5.74, 6) is 0.553. The highest BCUT2D eigenvalue weighted by Gasteiger charge is 2.21. The van der Waals surface area contributed by atoms with Gasteiger partial charge in [0.1, 0.15) is 17.2 Å². The van der Waals surface area contributed by atoms with E-state index in [1.807, 2.05) is 27.7 Å². The lowest BCUT2D eigenvalue weighted by Crippen LogP contribution is -2.23. The van der Waals surface area contributed by atoms with Crippen LogP contribution in [0.4, 0.5) is 26.6 Å². The molecule has 10 nitrogen and oxygen atoms in total. The number of halogens is 1. The number of fused-ring (bicyclic) bond motifs is 1. The molecule has 0 bridgehead atoms. The first-order valence-corrected chi connectivity index (χ1v) is 11.5. The van der Waals surface area contributed by atoms with Crippen molar-refractivity contribution in [2.24, 2.45) is 0 Å². The van der Waals surface area contributed by atoms with Crippen molar-refractivity contribution < 1.29 is 13.7 Å². The van der Waals surface area contributed by atoms with Crippen molar-refractivity contribution in [3.05, 3.63) is 58.0 Å². The normalized spacial score (nSPS) is 11.5. The molecule has 3 heterocycles. The van der Waals surface area contributed by atoms with Crippen LogP contribution in [0.15, 0.2) is 39.8 Å². The fraction of sp³-hybridized carbons (Fsp3) is 0.320. The Balaban J connectivity index is 1.70. The molecule has 0 fully saturated rings. The van der Waals surface area contributed by atoms with Gasteiger partial charge in [-0.1, -0.05) is 25.9 Å². The van der Waals surface area contributed by atoms with Gasteiger partial charge >= 0.3 is 6.03 Å². The van der Waals surface area contributed by atoms with Crippen molar-refractivity contribution in [2.45, 2.75) is 46.6 Å². The van der Waals surface area contributed by atoms with Gasteiger partial charge in [-0.05, 0) is 43.2 Å². The van der Waals surface area contributed by atoms with Crippen LogP contribution in [0.1, 0.15) is 39.0 Å². The van der Waals surface area contributed by atoms with E-state index >= 15 is 0 Å². The molecule has 1 aromatic carbocycles. The lowest BCUT2D eigenvalue weighted by Gasteiger charge is -2.15. The zero-order valence-electron chi connectivity index (χ0n) is 21.0. The van der Waals surface area contributed by atoms with Crippen LogP contribution in [-0.4, -0.2) is 32.8 Å². The second-order valence-corrected chi connectivity index (χ2v) is 9.38. The number of nitrogens with one attached hydrogen (secondary N) is 3. The SMILES string of the molecule is CCn1c(=O)c(-c2cc(NC(=O)Nc3cc(C(C)(C)C)on3)c(F)cc2C)cc2cnc(NC)nc21. The number of nitrogens with zero attached hydrogens (tertiary/aromatic N) is 4. The van der Waals surface area contributed by atoms with E-state index in [9.17, 15) is 14.0 Å². The summed E-state index contributed by atoms with van der Waals surface area (Å²) in [6, 6.07) is 5.31. The van der Waals surface area contributed by atoms with Gasteiger partial charge in [0, 0.05) is 42.2 Å². The van der Waals surface area contributed by atoms with Gasteiger partial charge in [-0.25, -0.2) is 14.2 Å². The largest absolute Gasteiger partial charge is 0.359 e. The smallest absolute Gasteiger partial charge is 0.325 e. The molecule has 0 spiro atoms. The Bertz CT molecular complexity index is 1520. The number of urea groups is 1. The molecule has 4 rings (SSSR count). The molecule has 0 aliphatic heterocycles. The molecule has 0 atom stereocenters. The van der Waals surface area contributed by atoms with Crippen molar-refractivity contribution in [3.8, 4) is 11.1 Å². The van der Waals surface area contributed by atoms with Gasteiger partial charge in [-0.2, -0.15) is 4.98 Å². The molecular weight excluding hydrogens is 465 g/mol. The molecule has 0 aliphatic rings. The predicted molar refractivity (Wildman–Crippen MR) is 137 cm³/mol. The summed E-state index contributed by atoms with van der Waals surface area (Å²) in [5.41, 5.74) is 1.20. The number of aryl methyl sites for hydroxylation is 2. The summed E-state index contributed by atoms with van der Waals surface area (Å²) in [6.45, 7) is 9.77. The number of aromatic nitrogens is 4. The first-order valence-electron chi connectivity index (χ1n) is 11.5. The fourth-order valence-corrected chi connectivity index (χ4v) is 3.78. The number of anilines is 3. The molecule has 0 radical (unpaired) electrons. The van der Waals surface area contributed by atoms with Crippen molar-refractivity contribution in [2.75, 3.05) is 23.0 Å². The van der Waals surface area contributed by atoms with Gasteiger partial charge in [0.25, 0.3) is 5.56 Å². The molecule has 3 aromatic heterocycles. The monoisotopic (exact) mass is 493 g/mol. The third-order valence-electron chi connectivity index (χ3n) is 5.71. The van der Waals surface area contributed by atoms with Crippen molar-refractivity contribution >= 4 is 34.5 Å². The highest BCUT2D eigenvalue weighted by Crippen LogP contribution is 2.29. The highest BCUT2D eigenvalue weighted by molar-refractivity contribution is 5.99. The number of benzene rings is 1. The van der Waals surface area contributed by atoms with Gasteiger partial charge < -0.3 is 15.2 Å². The third kappa shape index (κ3) is 4.77. The van der Waals surface area contributed by atoms with E-state index in [0.29, 0.717) is 46.0 Å². The predicted octanol–water partition coefficient (Wildman–Crippen LogP) is 4.90. The number of hydrogen-bond acceptors (Lipinski definition) is 7. The molecule has 2 amide bonds. The van der Waals surface area contributed by atoms with Gasteiger partial charge in [0.05, 0.1) is 5.69 Å². The Hall–Kier alpha value is -4.28. The number of hydrogen-bond donors (Lipinski definition) is 3. The van der Waals surface area contributed by atoms with Crippen LogP contribution in [0, 0.1) is 12.7 Å². The lowest BCUT2D eigenvalue weighted by atomic mass is 9.93. The third-order valence-corrected chi connectivity index (χ3v) is 5.71. The summed E-state index contributed by atoms with van der Waals surface area (Å²) in [5, 5.41) is 12.4. The first kappa shape index (κ1) is 24.8. The first-order chi connectivity index (χ1) is 17.0. The average molecular weight is 494 g/mol. The molecule has 0 saturated carbocycles. The number of rotatable bonds is 5. The van der Waals surface area contributed by atoms with Crippen molar-refractivity contribution in [1.82, 2.24) is 19.7 Å². The summed E-state index contributed by atoms with van der Waals surface area (Å²) in [6.07, 6.45) is 1.62. The van der Waals surface area contributed by atoms with E-state index in [1.165, 1.54) is 16.7 Å². The van der Waals surface area contributed by atoms with Crippen LogP contribution < -0.4 is 21.5 Å². The second-order valence-electron chi connectivity index (χ2n) is 9.38. The van der Waals surface area contributed by atoms with Gasteiger partial charge in [0.15, 0.2) is 5.82 Å². The van der Waals surface area contributed by atoms with Crippen LogP contribution in [-0.2, 0) is 12.0 Å². The summed E-state index contributed by atoms with van der Waals surface area (Å²) >= 11 is 0. The molecule has 4 aromatic rings. The zero-order chi connectivity index (χ0) is 26.2.